The second kappa shape index (κ2) is 5.61. The Balaban J connectivity index is 2.74. The number of carbonyl (C=O) groups is 1. The molecule has 94 valence electrons. The standard InChI is InChI=1S/C12H16F2N2O/c1-7(2)15-12(17)8(3)16-11-9(13)5-4-6-10(11)14/h4-8,16H,1-3H3,(H,15,17). The van der Waals surface area contributed by atoms with Gasteiger partial charge in [0, 0.05) is 6.04 Å². The number of rotatable bonds is 4. The van der Waals surface area contributed by atoms with Gasteiger partial charge in [0.25, 0.3) is 0 Å². The molecular formula is C12H16F2N2O. The molecule has 0 fully saturated rings. The predicted molar refractivity (Wildman–Crippen MR) is 62.7 cm³/mol. The van der Waals surface area contributed by atoms with E-state index in [9.17, 15) is 13.6 Å². The molecule has 0 aromatic heterocycles. The number of amides is 1. The van der Waals surface area contributed by atoms with E-state index in [0.29, 0.717) is 0 Å². The molecule has 17 heavy (non-hydrogen) atoms. The van der Waals surface area contributed by atoms with Crippen LogP contribution in [0, 0.1) is 11.6 Å². The minimum absolute atomic E-state index is 0.0165. The lowest BCUT2D eigenvalue weighted by Crippen LogP contribution is -2.41. The van der Waals surface area contributed by atoms with E-state index >= 15 is 0 Å². The van der Waals surface area contributed by atoms with Crippen LogP contribution < -0.4 is 10.6 Å². The molecule has 1 unspecified atom stereocenters. The van der Waals surface area contributed by atoms with Crippen molar-refractivity contribution >= 4 is 11.6 Å². The molecule has 1 aromatic rings. The van der Waals surface area contributed by atoms with Crippen LogP contribution in [-0.2, 0) is 4.79 Å². The second-order valence-corrected chi connectivity index (χ2v) is 4.13. The van der Waals surface area contributed by atoms with Crippen LogP contribution >= 0.6 is 0 Å². The average molecular weight is 242 g/mol. The minimum Gasteiger partial charge on any atom is -0.369 e. The Labute approximate surface area is 99.2 Å². The van der Waals surface area contributed by atoms with Crippen LogP contribution in [0.25, 0.3) is 0 Å². The van der Waals surface area contributed by atoms with Crippen molar-refractivity contribution in [2.24, 2.45) is 0 Å². The lowest BCUT2D eigenvalue weighted by Gasteiger charge is -2.17. The minimum atomic E-state index is -0.714. The summed E-state index contributed by atoms with van der Waals surface area (Å²) in [5.41, 5.74) is -0.279. The lowest BCUT2D eigenvalue weighted by atomic mass is 10.2. The highest BCUT2D eigenvalue weighted by molar-refractivity contribution is 5.84. The van der Waals surface area contributed by atoms with Crippen LogP contribution in [0.15, 0.2) is 18.2 Å². The van der Waals surface area contributed by atoms with E-state index < -0.39 is 17.7 Å². The Hall–Kier alpha value is -1.65. The Morgan fingerprint density at radius 3 is 2.18 bits per heavy atom. The monoisotopic (exact) mass is 242 g/mol. The molecule has 0 heterocycles. The highest BCUT2D eigenvalue weighted by atomic mass is 19.1. The quantitative estimate of drug-likeness (QED) is 0.850. The smallest absolute Gasteiger partial charge is 0.242 e. The molecule has 3 nitrogen and oxygen atoms in total. The second-order valence-electron chi connectivity index (χ2n) is 4.13. The van der Waals surface area contributed by atoms with Crippen molar-refractivity contribution in [3.05, 3.63) is 29.8 Å². The van der Waals surface area contributed by atoms with Gasteiger partial charge in [-0.25, -0.2) is 8.78 Å². The number of para-hydroxylation sites is 1. The molecule has 0 saturated carbocycles. The first kappa shape index (κ1) is 13.4. The van der Waals surface area contributed by atoms with E-state index in [1.807, 2.05) is 13.8 Å². The fourth-order valence-corrected chi connectivity index (χ4v) is 1.33. The highest BCUT2D eigenvalue weighted by Gasteiger charge is 2.17. The first-order chi connectivity index (χ1) is 7.91. The Morgan fingerprint density at radius 1 is 1.18 bits per heavy atom. The molecule has 0 radical (unpaired) electrons. The van der Waals surface area contributed by atoms with Gasteiger partial charge in [0.2, 0.25) is 5.91 Å². The van der Waals surface area contributed by atoms with E-state index in [1.165, 1.54) is 6.07 Å². The molecule has 0 aliphatic heterocycles. The molecule has 2 N–H and O–H groups in total. The number of benzene rings is 1. The molecule has 5 heteroatoms. The van der Waals surface area contributed by atoms with Crippen LogP contribution in [-0.4, -0.2) is 18.0 Å². The molecule has 0 spiro atoms. The van der Waals surface area contributed by atoms with Gasteiger partial charge in [0.1, 0.15) is 23.4 Å². The summed E-state index contributed by atoms with van der Waals surface area (Å²) in [6, 6.07) is 2.83. The first-order valence-corrected chi connectivity index (χ1v) is 5.42. The summed E-state index contributed by atoms with van der Waals surface area (Å²) in [5.74, 6) is -1.73. The summed E-state index contributed by atoms with van der Waals surface area (Å²) in [6.45, 7) is 5.17. The van der Waals surface area contributed by atoms with Gasteiger partial charge in [-0.1, -0.05) is 6.07 Å². The van der Waals surface area contributed by atoms with Crippen LogP contribution in [0.2, 0.25) is 0 Å². The summed E-state index contributed by atoms with van der Waals surface area (Å²) in [6.07, 6.45) is 0. The van der Waals surface area contributed by atoms with Gasteiger partial charge in [-0.05, 0) is 32.9 Å². The summed E-state index contributed by atoms with van der Waals surface area (Å²) in [7, 11) is 0. The van der Waals surface area contributed by atoms with Gasteiger partial charge in [-0.15, -0.1) is 0 Å². The average Bonchev–Trinajstić information content (AvgIpc) is 2.22. The van der Waals surface area contributed by atoms with Crippen LogP contribution in [0.4, 0.5) is 14.5 Å². The van der Waals surface area contributed by atoms with Gasteiger partial charge >= 0.3 is 0 Å². The van der Waals surface area contributed by atoms with E-state index in [2.05, 4.69) is 10.6 Å². The van der Waals surface area contributed by atoms with Crippen LogP contribution in [0.5, 0.6) is 0 Å². The van der Waals surface area contributed by atoms with Crippen LogP contribution in [0.3, 0.4) is 0 Å². The number of carbonyl (C=O) groups excluding carboxylic acids is 1. The molecule has 1 aromatic carbocycles. The molecule has 0 aliphatic carbocycles. The SMILES string of the molecule is CC(C)NC(=O)C(C)Nc1c(F)cccc1F. The molecule has 1 atom stereocenters. The summed E-state index contributed by atoms with van der Waals surface area (Å²) in [5, 5.41) is 5.18. The number of anilines is 1. The topological polar surface area (TPSA) is 41.1 Å². The van der Waals surface area contributed by atoms with E-state index in [4.69, 9.17) is 0 Å². The maximum absolute atomic E-state index is 13.3. The lowest BCUT2D eigenvalue weighted by molar-refractivity contribution is -0.122. The van der Waals surface area contributed by atoms with E-state index in [1.54, 1.807) is 6.92 Å². The van der Waals surface area contributed by atoms with Gasteiger partial charge in [-0.2, -0.15) is 0 Å². The van der Waals surface area contributed by atoms with Crippen LogP contribution in [0.1, 0.15) is 20.8 Å². The highest BCUT2D eigenvalue weighted by Crippen LogP contribution is 2.18. The van der Waals surface area contributed by atoms with Gasteiger partial charge in [0.15, 0.2) is 0 Å². The number of hydrogen-bond donors (Lipinski definition) is 2. The zero-order valence-corrected chi connectivity index (χ0v) is 10.1. The van der Waals surface area contributed by atoms with Gasteiger partial charge in [-0.3, -0.25) is 4.79 Å². The third kappa shape index (κ3) is 3.69. The summed E-state index contributed by atoms with van der Waals surface area (Å²) < 4.78 is 26.6. The predicted octanol–water partition coefficient (Wildman–Crippen LogP) is 2.29. The fraction of sp³-hybridized carbons (Fsp3) is 0.417. The van der Waals surface area contributed by atoms with Crippen molar-refractivity contribution in [3.8, 4) is 0 Å². The van der Waals surface area contributed by atoms with Crippen molar-refractivity contribution in [2.75, 3.05) is 5.32 Å². The first-order valence-electron chi connectivity index (χ1n) is 5.42. The third-order valence-electron chi connectivity index (χ3n) is 2.15. The van der Waals surface area contributed by atoms with Crippen molar-refractivity contribution in [1.82, 2.24) is 5.32 Å². The zero-order valence-electron chi connectivity index (χ0n) is 10.1. The Kier molecular flexibility index (Phi) is 4.43. The van der Waals surface area contributed by atoms with E-state index in [0.717, 1.165) is 12.1 Å². The Bertz CT molecular complexity index is 387. The molecule has 1 amide bonds. The van der Waals surface area contributed by atoms with Gasteiger partial charge in [0.05, 0.1) is 0 Å². The van der Waals surface area contributed by atoms with Crippen molar-refractivity contribution in [3.63, 3.8) is 0 Å². The zero-order chi connectivity index (χ0) is 13.0. The molecule has 1 rings (SSSR count). The van der Waals surface area contributed by atoms with Crippen molar-refractivity contribution in [2.45, 2.75) is 32.9 Å². The summed E-state index contributed by atoms with van der Waals surface area (Å²) in [4.78, 5) is 11.6. The van der Waals surface area contributed by atoms with Crippen molar-refractivity contribution < 1.29 is 13.6 Å². The number of halogens is 2. The van der Waals surface area contributed by atoms with Gasteiger partial charge < -0.3 is 10.6 Å². The third-order valence-corrected chi connectivity index (χ3v) is 2.15. The molecule has 0 saturated heterocycles. The normalized spacial score (nSPS) is 12.4. The number of nitrogens with one attached hydrogen (secondary N) is 2. The molecular weight excluding hydrogens is 226 g/mol. The molecule has 0 aliphatic rings. The van der Waals surface area contributed by atoms with Crippen molar-refractivity contribution in [1.29, 1.82) is 0 Å². The maximum atomic E-state index is 13.3. The number of hydrogen-bond acceptors (Lipinski definition) is 2. The van der Waals surface area contributed by atoms with E-state index in [-0.39, 0.29) is 17.6 Å². The Morgan fingerprint density at radius 2 is 1.71 bits per heavy atom. The largest absolute Gasteiger partial charge is 0.369 e. The maximum Gasteiger partial charge on any atom is 0.242 e. The summed E-state index contributed by atoms with van der Waals surface area (Å²) >= 11 is 0. The molecule has 0 bridgehead atoms. The fourth-order valence-electron chi connectivity index (χ4n) is 1.33.